The molecule has 2 aromatic heterocycles. The van der Waals surface area contributed by atoms with Crippen LogP contribution >= 0.6 is 15.9 Å². The maximum absolute atomic E-state index is 14.0. The second kappa shape index (κ2) is 9.82. The van der Waals surface area contributed by atoms with Crippen molar-refractivity contribution in [2.75, 3.05) is 32.7 Å². The quantitative estimate of drug-likeness (QED) is 0.527. The summed E-state index contributed by atoms with van der Waals surface area (Å²) in [5, 5.41) is 8.19. The van der Waals surface area contributed by atoms with Crippen LogP contribution in [0.15, 0.2) is 41.1 Å². The van der Waals surface area contributed by atoms with Gasteiger partial charge in [0.15, 0.2) is 5.65 Å². The number of halogens is 1. The lowest BCUT2D eigenvalue weighted by molar-refractivity contribution is -0.139. The fourth-order valence-corrected chi connectivity index (χ4v) is 5.50. The summed E-state index contributed by atoms with van der Waals surface area (Å²) >= 11 is 3.54. The molecule has 0 saturated carbocycles. The van der Waals surface area contributed by atoms with Gasteiger partial charge in [0.2, 0.25) is 5.91 Å². The van der Waals surface area contributed by atoms with Gasteiger partial charge >= 0.3 is 6.09 Å². The first-order valence-corrected chi connectivity index (χ1v) is 13.1. The highest BCUT2D eigenvalue weighted by Crippen LogP contribution is 2.32. The molecule has 1 aromatic carbocycles. The number of rotatable bonds is 3. The monoisotopic (exact) mass is 554 g/mol. The number of aromatic amines is 1. The molecule has 5 rings (SSSR count). The van der Waals surface area contributed by atoms with Gasteiger partial charge in [-0.1, -0.05) is 30.3 Å². The Morgan fingerprint density at radius 2 is 1.78 bits per heavy atom. The lowest BCUT2D eigenvalue weighted by Crippen LogP contribution is -2.54. The van der Waals surface area contributed by atoms with E-state index < -0.39 is 11.6 Å². The van der Waals surface area contributed by atoms with Crippen LogP contribution < -0.4 is 0 Å². The van der Waals surface area contributed by atoms with Gasteiger partial charge in [0.05, 0.1) is 5.39 Å². The molecule has 3 aromatic rings. The van der Waals surface area contributed by atoms with Crippen LogP contribution in [0.25, 0.3) is 11.0 Å². The van der Waals surface area contributed by atoms with Crippen LogP contribution in [0.5, 0.6) is 0 Å². The minimum Gasteiger partial charge on any atom is -0.444 e. The number of carbonyl (C=O) groups is 2. The number of amides is 2. The van der Waals surface area contributed by atoms with Crippen molar-refractivity contribution in [3.8, 4) is 0 Å². The number of carbonyl (C=O) groups excluding carboxylic acids is 2. The Morgan fingerprint density at radius 3 is 2.47 bits per heavy atom. The smallest absolute Gasteiger partial charge is 0.410 e. The molecule has 1 fully saturated rings. The number of pyridine rings is 1. The molecule has 190 valence electrons. The molecular formula is C26H31BrN6O3. The van der Waals surface area contributed by atoms with E-state index in [2.05, 4.69) is 36.0 Å². The van der Waals surface area contributed by atoms with Crippen molar-refractivity contribution >= 4 is 39.0 Å². The summed E-state index contributed by atoms with van der Waals surface area (Å²) in [5.41, 5.74) is 3.35. The van der Waals surface area contributed by atoms with Gasteiger partial charge in [-0.05, 0) is 59.8 Å². The molecule has 0 bridgehead atoms. The number of ether oxygens (including phenoxy) is 1. The Morgan fingerprint density at radius 1 is 1.06 bits per heavy atom. The van der Waals surface area contributed by atoms with Gasteiger partial charge < -0.3 is 14.5 Å². The Labute approximate surface area is 218 Å². The van der Waals surface area contributed by atoms with E-state index in [1.165, 1.54) is 5.56 Å². The van der Waals surface area contributed by atoms with E-state index in [1.807, 2.05) is 62.2 Å². The second-order valence-corrected chi connectivity index (χ2v) is 11.1. The molecule has 1 unspecified atom stereocenters. The van der Waals surface area contributed by atoms with Crippen LogP contribution in [0.3, 0.4) is 0 Å². The SMILES string of the molecule is CC(C)(C)OC(=O)N1CCN(C(C(=O)N2CCc3c(cnc4n[nH]c(Br)c34)C2)c2ccccc2)CC1. The van der Waals surface area contributed by atoms with E-state index >= 15 is 0 Å². The highest BCUT2D eigenvalue weighted by molar-refractivity contribution is 9.10. The number of nitrogens with zero attached hydrogens (tertiary/aromatic N) is 5. The summed E-state index contributed by atoms with van der Waals surface area (Å²) in [6.45, 7) is 8.98. The first-order valence-electron chi connectivity index (χ1n) is 12.3. The van der Waals surface area contributed by atoms with Crippen molar-refractivity contribution in [3.05, 3.63) is 57.8 Å². The normalized spacial score (nSPS) is 17.7. The molecular weight excluding hydrogens is 524 g/mol. The lowest BCUT2D eigenvalue weighted by atomic mass is 9.97. The van der Waals surface area contributed by atoms with Gasteiger partial charge in [-0.2, -0.15) is 5.10 Å². The summed E-state index contributed by atoms with van der Waals surface area (Å²) in [5.74, 6) is 0.0731. The molecule has 0 radical (unpaired) electrons. The van der Waals surface area contributed by atoms with Crippen molar-refractivity contribution in [1.29, 1.82) is 0 Å². The minimum absolute atomic E-state index is 0.0731. The molecule has 9 nitrogen and oxygen atoms in total. The van der Waals surface area contributed by atoms with Crippen LogP contribution in [0.4, 0.5) is 4.79 Å². The number of piperazine rings is 1. The first kappa shape index (κ1) is 24.7. The number of aromatic nitrogens is 3. The molecule has 0 spiro atoms. The predicted molar refractivity (Wildman–Crippen MR) is 139 cm³/mol. The molecule has 10 heteroatoms. The lowest BCUT2D eigenvalue weighted by Gasteiger charge is -2.41. The maximum Gasteiger partial charge on any atom is 0.410 e. The van der Waals surface area contributed by atoms with Gasteiger partial charge in [0, 0.05) is 45.5 Å². The van der Waals surface area contributed by atoms with Gasteiger partial charge in [0.25, 0.3) is 0 Å². The third-order valence-electron chi connectivity index (χ3n) is 6.72. The maximum atomic E-state index is 14.0. The van der Waals surface area contributed by atoms with Crippen molar-refractivity contribution in [2.45, 2.75) is 45.4 Å². The number of H-pyrrole nitrogens is 1. The van der Waals surface area contributed by atoms with E-state index in [0.29, 0.717) is 44.9 Å². The summed E-state index contributed by atoms with van der Waals surface area (Å²) < 4.78 is 6.37. The predicted octanol–water partition coefficient (Wildman–Crippen LogP) is 3.90. The van der Waals surface area contributed by atoms with Gasteiger partial charge in [-0.15, -0.1) is 0 Å². The van der Waals surface area contributed by atoms with Crippen LogP contribution in [0.2, 0.25) is 0 Å². The zero-order chi connectivity index (χ0) is 25.4. The summed E-state index contributed by atoms with van der Waals surface area (Å²) in [6.07, 6.45) is 2.27. The molecule has 0 aliphatic carbocycles. The number of nitrogens with one attached hydrogen (secondary N) is 1. The Hall–Kier alpha value is -2.98. The molecule has 1 N–H and O–H groups in total. The van der Waals surface area contributed by atoms with Crippen molar-refractivity contribution in [3.63, 3.8) is 0 Å². The Kier molecular flexibility index (Phi) is 6.74. The summed E-state index contributed by atoms with van der Waals surface area (Å²) in [4.78, 5) is 36.9. The zero-order valence-electron chi connectivity index (χ0n) is 20.8. The van der Waals surface area contributed by atoms with Gasteiger partial charge in [-0.3, -0.25) is 14.8 Å². The van der Waals surface area contributed by atoms with Gasteiger partial charge in [-0.25, -0.2) is 9.78 Å². The molecule has 2 aliphatic heterocycles. The molecule has 2 amide bonds. The topological polar surface area (TPSA) is 94.7 Å². The second-order valence-electron chi connectivity index (χ2n) is 10.3. The highest BCUT2D eigenvalue weighted by atomic mass is 79.9. The molecule has 2 aliphatic rings. The average Bonchev–Trinajstić information content (AvgIpc) is 3.25. The Bertz CT molecular complexity index is 1260. The number of hydrogen-bond donors (Lipinski definition) is 1. The number of hydrogen-bond acceptors (Lipinski definition) is 6. The largest absolute Gasteiger partial charge is 0.444 e. The molecule has 36 heavy (non-hydrogen) atoms. The summed E-state index contributed by atoms with van der Waals surface area (Å²) in [6, 6.07) is 9.50. The molecule has 1 saturated heterocycles. The highest BCUT2D eigenvalue weighted by Gasteiger charge is 2.36. The van der Waals surface area contributed by atoms with E-state index in [4.69, 9.17) is 4.74 Å². The Balaban J connectivity index is 1.35. The average molecular weight is 555 g/mol. The van der Waals surface area contributed by atoms with Crippen LogP contribution in [-0.2, 0) is 22.5 Å². The van der Waals surface area contributed by atoms with Crippen LogP contribution in [-0.4, -0.2) is 80.2 Å². The zero-order valence-corrected chi connectivity index (χ0v) is 22.4. The van der Waals surface area contributed by atoms with Crippen molar-refractivity contribution in [1.82, 2.24) is 29.9 Å². The van der Waals surface area contributed by atoms with Gasteiger partial charge in [0.1, 0.15) is 16.2 Å². The summed E-state index contributed by atoms with van der Waals surface area (Å²) in [7, 11) is 0. The number of fused-ring (bicyclic) bond motifs is 3. The fraction of sp³-hybridized carbons (Fsp3) is 0.462. The van der Waals surface area contributed by atoms with E-state index in [0.717, 1.165) is 27.5 Å². The molecule has 4 heterocycles. The van der Waals surface area contributed by atoms with E-state index in [-0.39, 0.29) is 12.0 Å². The van der Waals surface area contributed by atoms with Crippen LogP contribution in [0.1, 0.15) is 43.5 Å². The minimum atomic E-state index is -0.534. The first-order chi connectivity index (χ1) is 17.2. The number of benzene rings is 1. The standard InChI is InChI=1S/C26H31BrN6O3/c1-26(2,3)36-25(35)32-13-11-31(12-14-32)21(17-7-5-4-6-8-17)24(34)33-10-9-19-18(16-33)15-28-23-20(19)22(27)29-30-23/h4-8,15,21H,9-14,16H2,1-3H3,(H,28,29,30). The van der Waals surface area contributed by atoms with Crippen LogP contribution in [0, 0.1) is 0 Å². The third kappa shape index (κ3) is 4.97. The molecule has 1 atom stereocenters. The van der Waals surface area contributed by atoms with Crippen molar-refractivity contribution < 1.29 is 14.3 Å². The third-order valence-corrected chi connectivity index (χ3v) is 7.29. The van der Waals surface area contributed by atoms with E-state index in [9.17, 15) is 9.59 Å². The fourth-order valence-electron chi connectivity index (χ4n) is 5.00. The van der Waals surface area contributed by atoms with Crippen molar-refractivity contribution in [2.24, 2.45) is 0 Å². The van der Waals surface area contributed by atoms with E-state index in [1.54, 1.807) is 4.90 Å².